The van der Waals surface area contributed by atoms with E-state index in [-0.39, 0.29) is 30.8 Å². The normalized spacial score (nSPS) is 15.5. The lowest BCUT2D eigenvalue weighted by atomic mass is 9.92. The molecule has 2 aromatic rings. The van der Waals surface area contributed by atoms with Crippen molar-refractivity contribution in [1.29, 1.82) is 0 Å². The molecule has 0 aliphatic rings. The van der Waals surface area contributed by atoms with E-state index in [9.17, 15) is 31.4 Å². The van der Waals surface area contributed by atoms with Gasteiger partial charge in [0.2, 0.25) is 0 Å². The molecular weight excluding hydrogens is 416 g/mol. The van der Waals surface area contributed by atoms with E-state index in [1.54, 1.807) is 19.1 Å². The van der Waals surface area contributed by atoms with Crippen LogP contribution in [0.15, 0.2) is 42.5 Å². The Hall–Kier alpha value is -2.30. The Balaban J connectivity index is 2.20. The van der Waals surface area contributed by atoms with E-state index >= 15 is 0 Å². The zero-order chi connectivity index (χ0) is 22.7. The van der Waals surface area contributed by atoms with Crippen LogP contribution in [0.25, 0.3) is 0 Å². The van der Waals surface area contributed by atoms with Crippen LogP contribution in [0, 0.1) is 0 Å². The predicted octanol–water partition coefficient (Wildman–Crippen LogP) is 4.69. The van der Waals surface area contributed by atoms with Crippen molar-refractivity contribution in [2.75, 3.05) is 6.61 Å². The molecule has 0 radical (unpaired) electrons. The van der Waals surface area contributed by atoms with Crippen molar-refractivity contribution >= 4 is 0 Å². The van der Waals surface area contributed by atoms with Crippen molar-refractivity contribution in [1.82, 2.24) is 0 Å². The molecule has 0 aliphatic heterocycles. The van der Waals surface area contributed by atoms with Crippen LogP contribution in [-0.4, -0.2) is 29.0 Å². The fourth-order valence-electron chi connectivity index (χ4n) is 2.78. The average Bonchev–Trinajstić information content (AvgIpc) is 2.66. The second kappa shape index (κ2) is 9.23. The van der Waals surface area contributed by atoms with Crippen molar-refractivity contribution in [3.63, 3.8) is 0 Å². The Morgan fingerprint density at radius 1 is 0.900 bits per heavy atom. The van der Waals surface area contributed by atoms with E-state index in [0.717, 1.165) is 5.56 Å². The van der Waals surface area contributed by atoms with Crippen LogP contribution < -0.4 is 10.5 Å². The van der Waals surface area contributed by atoms with Crippen LogP contribution in [0.1, 0.15) is 36.0 Å². The maximum atomic E-state index is 12.9. The molecule has 3 atom stereocenters. The van der Waals surface area contributed by atoms with Crippen LogP contribution in [0.5, 0.6) is 11.5 Å². The van der Waals surface area contributed by atoms with E-state index in [1.807, 2.05) is 0 Å². The van der Waals surface area contributed by atoms with E-state index in [0.29, 0.717) is 12.1 Å². The van der Waals surface area contributed by atoms with E-state index in [1.165, 1.54) is 12.1 Å². The molecule has 166 valence electrons. The lowest BCUT2D eigenvalue weighted by Gasteiger charge is -2.21. The van der Waals surface area contributed by atoms with E-state index in [2.05, 4.69) is 0 Å². The van der Waals surface area contributed by atoms with Gasteiger partial charge in [-0.1, -0.05) is 19.1 Å². The summed E-state index contributed by atoms with van der Waals surface area (Å²) in [4.78, 5) is 0. The van der Waals surface area contributed by atoms with Crippen molar-refractivity contribution < 1.29 is 41.3 Å². The highest BCUT2D eigenvalue weighted by Crippen LogP contribution is 2.39. The van der Waals surface area contributed by atoms with Crippen LogP contribution in [0.4, 0.5) is 26.3 Å². The zero-order valence-electron chi connectivity index (χ0n) is 15.8. The largest absolute Gasteiger partial charge is 0.457 e. The number of nitrogens with two attached hydrogens (primary N) is 1. The minimum atomic E-state index is -4.96. The first kappa shape index (κ1) is 24.0. The lowest BCUT2D eigenvalue weighted by Crippen LogP contribution is -2.38. The smallest absolute Gasteiger partial charge is 0.416 e. The molecule has 0 heterocycles. The number of hydrogen-bond acceptors (Lipinski definition) is 4. The third-order valence-electron chi connectivity index (χ3n) is 4.55. The quantitative estimate of drug-likeness (QED) is 0.550. The summed E-state index contributed by atoms with van der Waals surface area (Å²) in [5.41, 5.74) is 3.37. The Morgan fingerprint density at radius 2 is 1.40 bits per heavy atom. The van der Waals surface area contributed by atoms with Gasteiger partial charge >= 0.3 is 12.4 Å². The summed E-state index contributed by atoms with van der Waals surface area (Å²) in [6.07, 6.45) is -10.6. The minimum absolute atomic E-state index is 0.0278. The maximum absolute atomic E-state index is 12.9. The topological polar surface area (TPSA) is 75.7 Å². The highest BCUT2D eigenvalue weighted by atomic mass is 19.4. The molecular formula is C20H21F6NO3. The third kappa shape index (κ3) is 6.35. The number of rotatable bonds is 7. The summed E-state index contributed by atoms with van der Waals surface area (Å²) < 4.78 is 82.8. The molecule has 0 aliphatic carbocycles. The monoisotopic (exact) mass is 437 g/mol. The number of alkyl halides is 6. The summed E-state index contributed by atoms with van der Waals surface area (Å²) >= 11 is 0. The van der Waals surface area contributed by atoms with Gasteiger partial charge in [0.05, 0.1) is 29.9 Å². The number of aliphatic hydroxyl groups excluding tert-OH is 2. The fourth-order valence-corrected chi connectivity index (χ4v) is 2.78. The summed E-state index contributed by atoms with van der Waals surface area (Å²) in [6, 6.07) is 6.19. The summed E-state index contributed by atoms with van der Waals surface area (Å²) in [5.74, 6) is -0.717. The third-order valence-corrected chi connectivity index (χ3v) is 4.55. The molecule has 2 aromatic carbocycles. The first-order valence-corrected chi connectivity index (χ1v) is 8.93. The fraction of sp³-hybridized carbons (Fsp3) is 0.400. The Labute approximate surface area is 168 Å². The van der Waals surface area contributed by atoms with Gasteiger partial charge in [-0.3, -0.25) is 0 Å². The molecule has 0 amide bonds. The van der Waals surface area contributed by atoms with Gasteiger partial charge in [0.15, 0.2) is 0 Å². The molecule has 10 heteroatoms. The van der Waals surface area contributed by atoms with Gasteiger partial charge in [-0.15, -0.1) is 0 Å². The Bertz CT molecular complexity index is 804. The molecule has 2 rings (SSSR count). The van der Waals surface area contributed by atoms with Crippen LogP contribution in [-0.2, 0) is 12.4 Å². The van der Waals surface area contributed by atoms with Crippen molar-refractivity contribution in [3.8, 4) is 11.5 Å². The highest BCUT2D eigenvalue weighted by Gasteiger charge is 2.37. The predicted molar refractivity (Wildman–Crippen MR) is 97.1 cm³/mol. The molecule has 4 nitrogen and oxygen atoms in total. The average molecular weight is 437 g/mol. The van der Waals surface area contributed by atoms with Gasteiger partial charge in [-0.2, -0.15) is 26.3 Å². The van der Waals surface area contributed by atoms with Gasteiger partial charge < -0.3 is 20.7 Å². The molecule has 0 saturated carbocycles. The zero-order valence-corrected chi connectivity index (χ0v) is 15.8. The maximum Gasteiger partial charge on any atom is 0.416 e. The molecule has 0 fully saturated rings. The molecule has 3 unspecified atom stereocenters. The van der Waals surface area contributed by atoms with Crippen molar-refractivity contribution in [2.24, 2.45) is 5.73 Å². The lowest BCUT2D eigenvalue weighted by molar-refractivity contribution is -0.143. The first-order chi connectivity index (χ1) is 13.8. The van der Waals surface area contributed by atoms with Gasteiger partial charge in [0, 0.05) is 0 Å². The van der Waals surface area contributed by atoms with Crippen LogP contribution in [0.3, 0.4) is 0 Å². The van der Waals surface area contributed by atoms with Crippen LogP contribution in [0.2, 0.25) is 0 Å². The SMILES string of the molecule is CC(CC(O)C(N)CO)c1ccc(Oc2cc(C(F)(F)F)cc(C(F)(F)F)c2)cc1. The number of halogens is 6. The second-order valence-electron chi connectivity index (χ2n) is 6.96. The van der Waals surface area contributed by atoms with Crippen molar-refractivity contribution in [3.05, 3.63) is 59.2 Å². The Kier molecular flexibility index (Phi) is 7.38. The summed E-state index contributed by atoms with van der Waals surface area (Å²) in [6.45, 7) is 1.42. The van der Waals surface area contributed by atoms with Gasteiger partial charge in [0.1, 0.15) is 11.5 Å². The number of aliphatic hydroxyl groups is 2. The highest BCUT2D eigenvalue weighted by molar-refractivity contribution is 5.40. The number of ether oxygens (including phenoxy) is 1. The van der Waals surface area contributed by atoms with Crippen LogP contribution >= 0.6 is 0 Å². The van der Waals surface area contributed by atoms with Gasteiger partial charge in [-0.05, 0) is 48.2 Å². The minimum Gasteiger partial charge on any atom is -0.457 e. The standard InChI is InChI=1S/C20H21F6NO3/c1-11(6-18(29)17(27)10-28)12-2-4-15(5-3-12)30-16-8-13(19(21,22)23)7-14(9-16)20(24,25)26/h2-5,7-9,11,17-18,28-29H,6,10,27H2,1H3. The Morgan fingerprint density at radius 3 is 1.83 bits per heavy atom. The van der Waals surface area contributed by atoms with E-state index < -0.39 is 41.4 Å². The number of hydrogen-bond donors (Lipinski definition) is 3. The second-order valence-corrected chi connectivity index (χ2v) is 6.96. The molecule has 30 heavy (non-hydrogen) atoms. The van der Waals surface area contributed by atoms with Gasteiger partial charge in [-0.25, -0.2) is 0 Å². The van der Waals surface area contributed by atoms with Gasteiger partial charge in [0.25, 0.3) is 0 Å². The van der Waals surface area contributed by atoms with Crippen molar-refractivity contribution in [2.45, 2.75) is 43.8 Å². The molecule has 0 spiro atoms. The molecule has 0 saturated heterocycles. The number of benzene rings is 2. The first-order valence-electron chi connectivity index (χ1n) is 8.93. The summed E-state index contributed by atoms with van der Waals surface area (Å²) in [5, 5.41) is 18.9. The molecule has 4 N–H and O–H groups in total. The molecule has 0 aromatic heterocycles. The van der Waals surface area contributed by atoms with E-state index in [4.69, 9.17) is 15.6 Å². The molecule has 0 bridgehead atoms. The summed E-state index contributed by atoms with van der Waals surface area (Å²) in [7, 11) is 0.